The SMILES string of the molecule is C[C@@H]1[C@H](CN2CCN(Cc3ccccc3)CC2)O[C@H](c2ccc(-c3ccccc3CN)cc2)O[C@@H]1c1ccc(CO)cc1. The first-order valence-corrected chi connectivity index (χ1v) is 15.5. The summed E-state index contributed by atoms with van der Waals surface area (Å²) >= 11 is 0. The maximum absolute atomic E-state index is 9.58. The Labute approximate surface area is 255 Å². The standard InChI is InChI=1S/C37H43N3O3/c1-27-35(25-40-21-19-39(20-22-40)24-28-7-3-2-4-8-28)42-37(43-36(27)31-13-11-29(26-41)12-14-31)32-17-15-30(16-18-32)34-10-6-5-9-33(34)23-38/h2-18,27,35-37,41H,19-26,38H2,1H3/t27-,35+,36+,37+/m1/s1. The molecule has 6 heteroatoms. The van der Waals surface area contributed by atoms with Crippen LogP contribution in [0.4, 0.5) is 0 Å². The summed E-state index contributed by atoms with van der Waals surface area (Å²) in [5.41, 5.74) is 13.8. The molecule has 6 nitrogen and oxygen atoms in total. The Hall–Kier alpha value is -3.36. The number of hydrogen-bond donors (Lipinski definition) is 2. The molecule has 2 saturated heterocycles. The molecule has 4 atom stereocenters. The van der Waals surface area contributed by atoms with E-state index < -0.39 is 6.29 Å². The van der Waals surface area contributed by atoms with Crippen LogP contribution in [0.5, 0.6) is 0 Å². The number of aliphatic hydroxyl groups excluding tert-OH is 1. The number of rotatable bonds is 9. The Morgan fingerprint density at radius 3 is 2.07 bits per heavy atom. The van der Waals surface area contributed by atoms with Crippen molar-refractivity contribution in [1.29, 1.82) is 0 Å². The minimum atomic E-state index is -0.470. The predicted molar refractivity (Wildman–Crippen MR) is 171 cm³/mol. The van der Waals surface area contributed by atoms with E-state index >= 15 is 0 Å². The molecule has 0 bridgehead atoms. The van der Waals surface area contributed by atoms with Gasteiger partial charge in [-0.2, -0.15) is 0 Å². The summed E-state index contributed by atoms with van der Waals surface area (Å²) in [4.78, 5) is 5.09. The number of benzene rings is 4. The van der Waals surface area contributed by atoms with E-state index in [4.69, 9.17) is 15.2 Å². The zero-order valence-electron chi connectivity index (χ0n) is 25.0. The highest BCUT2D eigenvalue weighted by Crippen LogP contribution is 2.42. The lowest BCUT2D eigenvalue weighted by Crippen LogP contribution is -2.51. The third kappa shape index (κ3) is 7.07. The van der Waals surface area contributed by atoms with Crippen LogP contribution in [0.1, 0.15) is 47.1 Å². The zero-order chi connectivity index (χ0) is 29.6. The van der Waals surface area contributed by atoms with Gasteiger partial charge in [-0.3, -0.25) is 9.80 Å². The third-order valence-electron chi connectivity index (χ3n) is 9.01. The molecule has 0 amide bonds. The molecule has 0 aromatic heterocycles. The van der Waals surface area contributed by atoms with Crippen LogP contribution in [0.3, 0.4) is 0 Å². The van der Waals surface area contributed by atoms with E-state index in [1.54, 1.807) is 0 Å². The van der Waals surface area contributed by atoms with E-state index in [2.05, 4.69) is 102 Å². The molecule has 2 heterocycles. The number of ether oxygens (including phenoxy) is 2. The zero-order valence-corrected chi connectivity index (χ0v) is 25.0. The van der Waals surface area contributed by atoms with Gasteiger partial charge in [0.1, 0.15) is 0 Å². The molecule has 0 saturated carbocycles. The molecule has 43 heavy (non-hydrogen) atoms. The quantitative estimate of drug-likeness (QED) is 0.258. The van der Waals surface area contributed by atoms with Crippen LogP contribution in [0.15, 0.2) is 103 Å². The number of nitrogens with zero attached hydrogens (tertiary/aromatic N) is 2. The van der Waals surface area contributed by atoms with Crippen molar-refractivity contribution in [3.05, 3.63) is 131 Å². The van der Waals surface area contributed by atoms with Crippen LogP contribution in [0, 0.1) is 5.92 Å². The second-order valence-corrected chi connectivity index (χ2v) is 11.9. The molecule has 0 spiro atoms. The van der Waals surface area contributed by atoms with E-state index in [1.165, 1.54) is 5.56 Å². The molecule has 4 aromatic carbocycles. The second kappa shape index (κ2) is 14.0. The lowest BCUT2D eigenvalue weighted by Gasteiger charge is -2.44. The molecule has 224 valence electrons. The number of piperazine rings is 1. The van der Waals surface area contributed by atoms with Crippen molar-refractivity contribution < 1.29 is 14.6 Å². The van der Waals surface area contributed by atoms with Crippen molar-refractivity contribution in [3.63, 3.8) is 0 Å². The number of nitrogens with two attached hydrogens (primary N) is 1. The molecule has 2 fully saturated rings. The largest absolute Gasteiger partial charge is 0.392 e. The summed E-state index contributed by atoms with van der Waals surface area (Å²) in [5, 5.41) is 9.58. The molecule has 2 aliphatic rings. The molecule has 0 unspecified atom stereocenters. The highest BCUT2D eigenvalue weighted by Gasteiger charge is 2.39. The van der Waals surface area contributed by atoms with Crippen LogP contribution >= 0.6 is 0 Å². The van der Waals surface area contributed by atoms with Gasteiger partial charge in [0.15, 0.2) is 6.29 Å². The Bertz CT molecular complexity index is 1440. The minimum absolute atomic E-state index is 0.0135. The van der Waals surface area contributed by atoms with Gasteiger partial charge in [0.05, 0.1) is 18.8 Å². The molecular weight excluding hydrogens is 534 g/mol. The smallest absolute Gasteiger partial charge is 0.184 e. The monoisotopic (exact) mass is 577 g/mol. The Morgan fingerprint density at radius 2 is 1.37 bits per heavy atom. The van der Waals surface area contributed by atoms with E-state index in [9.17, 15) is 5.11 Å². The first-order chi connectivity index (χ1) is 21.1. The molecule has 0 radical (unpaired) electrons. The summed E-state index contributed by atoms with van der Waals surface area (Å²) in [5.74, 6) is 0.161. The van der Waals surface area contributed by atoms with Crippen molar-refractivity contribution in [3.8, 4) is 11.1 Å². The van der Waals surface area contributed by atoms with Gasteiger partial charge in [0.25, 0.3) is 0 Å². The van der Waals surface area contributed by atoms with E-state index in [0.717, 1.165) is 72.6 Å². The fourth-order valence-electron chi connectivity index (χ4n) is 6.35. The Morgan fingerprint density at radius 1 is 0.721 bits per heavy atom. The molecular formula is C37H43N3O3. The third-order valence-corrected chi connectivity index (χ3v) is 9.01. The molecule has 6 rings (SSSR count). The first-order valence-electron chi connectivity index (χ1n) is 15.5. The number of aliphatic hydroxyl groups is 1. The average Bonchev–Trinajstić information content (AvgIpc) is 3.07. The molecule has 2 aliphatic heterocycles. The van der Waals surface area contributed by atoms with Gasteiger partial charge in [0, 0.05) is 57.3 Å². The van der Waals surface area contributed by atoms with Gasteiger partial charge in [0.2, 0.25) is 0 Å². The van der Waals surface area contributed by atoms with Gasteiger partial charge in [-0.1, -0.05) is 110 Å². The number of hydrogen-bond acceptors (Lipinski definition) is 6. The first kappa shape index (κ1) is 29.7. The van der Waals surface area contributed by atoms with Crippen molar-refractivity contribution in [2.45, 2.75) is 45.1 Å². The van der Waals surface area contributed by atoms with Crippen molar-refractivity contribution in [2.24, 2.45) is 11.7 Å². The topological polar surface area (TPSA) is 71.2 Å². The summed E-state index contributed by atoms with van der Waals surface area (Å²) in [6.07, 6.45) is -0.574. The van der Waals surface area contributed by atoms with Crippen LogP contribution < -0.4 is 5.73 Å². The fraction of sp³-hybridized carbons (Fsp3) is 0.351. The average molecular weight is 578 g/mol. The predicted octanol–water partition coefficient (Wildman–Crippen LogP) is 5.91. The summed E-state index contributed by atoms with van der Waals surface area (Å²) < 4.78 is 13.5. The maximum atomic E-state index is 9.58. The van der Waals surface area contributed by atoms with Gasteiger partial charge < -0.3 is 20.3 Å². The van der Waals surface area contributed by atoms with Crippen molar-refractivity contribution >= 4 is 0 Å². The van der Waals surface area contributed by atoms with Gasteiger partial charge in [-0.05, 0) is 33.4 Å². The van der Waals surface area contributed by atoms with Gasteiger partial charge >= 0.3 is 0 Å². The second-order valence-electron chi connectivity index (χ2n) is 11.9. The van der Waals surface area contributed by atoms with Gasteiger partial charge in [-0.25, -0.2) is 0 Å². The minimum Gasteiger partial charge on any atom is -0.392 e. The Kier molecular flexibility index (Phi) is 9.64. The molecule has 3 N–H and O–H groups in total. The van der Waals surface area contributed by atoms with Crippen LogP contribution in [0.25, 0.3) is 11.1 Å². The normalized spacial score (nSPS) is 23.3. The van der Waals surface area contributed by atoms with E-state index in [-0.39, 0.29) is 24.7 Å². The summed E-state index contributed by atoms with van der Waals surface area (Å²) in [6, 6.07) is 35.7. The van der Waals surface area contributed by atoms with Crippen molar-refractivity contribution in [1.82, 2.24) is 9.80 Å². The van der Waals surface area contributed by atoms with E-state index in [0.29, 0.717) is 6.54 Å². The summed E-state index contributed by atoms with van der Waals surface area (Å²) in [6.45, 7) is 8.79. The summed E-state index contributed by atoms with van der Waals surface area (Å²) in [7, 11) is 0. The highest BCUT2D eigenvalue weighted by atomic mass is 16.7. The van der Waals surface area contributed by atoms with E-state index in [1.807, 2.05) is 18.2 Å². The van der Waals surface area contributed by atoms with Gasteiger partial charge in [-0.15, -0.1) is 0 Å². The molecule has 4 aromatic rings. The fourth-order valence-corrected chi connectivity index (χ4v) is 6.35. The highest BCUT2D eigenvalue weighted by molar-refractivity contribution is 5.67. The van der Waals surface area contributed by atoms with Crippen LogP contribution in [-0.4, -0.2) is 53.7 Å². The lowest BCUT2D eigenvalue weighted by atomic mass is 9.89. The lowest BCUT2D eigenvalue weighted by molar-refractivity contribution is -0.276. The molecule has 0 aliphatic carbocycles. The Balaban J connectivity index is 1.18. The van der Waals surface area contributed by atoms with Crippen LogP contribution in [-0.2, 0) is 29.2 Å². The van der Waals surface area contributed by atoms with Crippen LogP contribution in [0.2, 0.25) is 0 Å². The van der Waals surface area contributed by atoms with Crippen molar-refractivity contribution in [2.75, 3.05) is 32.7 Å². The maximum Gasteiger partial charge on any atom is 0.184 e.